The maximum atomic E-state index is 6.33. The van der Waals surface area contributed by atoms with Gasteiger partial charge in [0, 0.05) is 5.56 Å². The summed E-state index contributed by atoms with van der Waals surface area (Å²) in [6.45, 7) is 0. The SMILES string of the molecule is COc1ccc2c(c1)C1OC1C1(CCCCC1)O2. The summed E-state index contributed by atoms with van der Waals surface area (Å²) in [4.78, 5) is 0. The van der Waals surface area contributed by atoms with Gasteiger partial charge in [-0.25, -0.2) is 0 Å². The van der Waals surface area contributed by atoms with Crippen molar-refractivity contribution in [2.24, 2.45) is 0 Å². The van der Waals surface area contributed by atoms with Crippen molar-refractivity contribution in [3.8, 4) is 11.5 Å². The maximum Gasteiger partial charge on any atom is 0.138 e. The van der Waals surface area contributed by atoms with Crippen molar-refractivity contribution >= 4 is 0 Å². The van der Waals surface area contributed by atoms with Gasteiger partial charge in [-0.2, -0.15) is 0 Å². The van der Waals surface area contributed by atoms with Gasteiger partial charge in [0.15, 0.2) is 0 Å². The van der Waals surface area contributed by atoms with Crippen LogP contribution in [0.5, 0.6) is 11.5 Å². The lowest BCUT2D eigenvalue weighted by atomic mass is 9.79. The van der Waals surface area contributed by atoms with Crippen LogP contribution in [0.15, 0.2) is 18.2 Å². The molecular formula is C15H18O3. The molecule has 2 atom stereocenters. The van der Waals surface area contributed by atoms with Gasteiger partial charge in [0.1, 0.15) is 29.3 Å². The molecule has 0 amide bonds. The molecule has 4 rings (SSSR count). The minimum atomic E-state index is -0.0372. The van der Waals surface area contributed by atoms with Crippen molar-refractivity contribution < 1.29 is 14.2 Å². The highest BCUT2D eigenvalue weighted by Crippen LogP contribution is 2.58. The van der Waals surface area contributed by atoms with Crippen LogP contribution in [0.3, 0.4) is 0 Å². The van der Waals surface area contributed by atoms with Gasteiger partial charge >= 0.3 is 0 Å². The Morgan fingerprint density at radius 2 is 2.06 bits per heavy atom. The number of hydrogen-bond donors (Lipinski definition) is 0. The van der Waals surface area contributed by atoms with Crippen LogP contribution in [0.2, 0.25) is 0 Å². The smallest absolute Gasteiger partial charge is 0.138 e. The summed E-state index contributed by atoms with van der Waals surface area (Å²) < 4.78 is 17.5. The molecule has 1 spiro atoms. The molecule has 0 radical (unpaired) electrons. The zero-order chi connectivity index (χ0) is 12.2. The lowest BCUT2D eigenvalue weighted by Gasteiger charge is -2.39. The fourth-order valence-electron chi connectivity index (χ4n) is 3.53. The second kappa shape index (κ2) is 3.64. The maximum absolute atomic E-state index is 6.33. The number of hydrogen-bond acceptors (Lipinski definition) is 3. The lowest BCUT2D eigenvalue weighted by molar-refractivity contribution is 0.00133. The molecule has 3 heteroatoms. The summed E-state index contributed by atoms with van der Waals surface area (Å²) in [5.41, 5.74) is 1.13. The molecule has 1 aromatic rings. The van der Waals surface area contributed by atoms with Gasteiger partial charge in [-0.3, -0.25) is 0 Å². The van der Waals surface area contributed by atoms with Crippen LogP contribution in [-0.2, 0) is 4.74 Å². The third-order valence-electron chi connectivity index (χ3n) is 4.55. The first-order chi connectivity index (χ1) is 8.82. The first-order valence-electron chi connectivity index (χ1n) is 6.85. The van der Waals surface area contributed by atoms with Crippen molar-refractivity contribution in [3.63, 3.8) is 0 Å². The van der Waals surface area contributed by atoms with Crippen LogP contribution < -0.4 is 9.47 Å². The Balaban J connectivity index is 1.71. The third kappa shape index (κ3) is 1.40. The Morgan fingerprint density at radius 1 is 1.22 bits per heavy atom. The van der Waals surface area contributed by atoms with Crippen LogP contribution >= 0.6 is 0 Å². The molecule has 1 aromatic carbocycles. The summed E-state index contributed by atoms with van der Waals surface area (Å²) in [6.07, 6.45) is 6.65. The number of benzene rings is 1. The molecule has 3 nitrogen and oxygen atoms in total. The summed E-state index contributed by atoms with van der Waals surface area (Å²) in [5, 5.41) is 0. The number of epoxide rings is 1. The van der Waals surface area contributed by atoms with E-state index in [2.05, 4.69) is 6.07 Å². The summed E-state index contributed by atoms with van der Waals surface area (Å²) in [5.74, 6) is 1.88. The predicted octanol–water partition coefficient (Wildman–Crippen LogP) is 3.23. The molecule has 0 bridgehead atoms. The molecule has 18 heavy (non-hydrogen) atoms. The fourth-order valence-corrected chi connectivity index (χ4v) is 3.53. The first kappa shape index (κ1) is 10.7. The highest BCUT2D eigenvalue weighted by molar-refractivity contribution is 5.47. The summed E-state index contributed by atoms with van der Waals surface area (Å²) in [7, 11) is 1.69. The second-order valence-corrected chi connectivity index (χ2v) is 5.61. The minimum absolute atomic E-state index is 0.0372. The Labute approximate surface area is 107 Å². The van der Waals surface area contributed by atoms with E-state index in [-0.39, 0.29) is 17.8 Å². The van der Waals surface area contributed by atoms with Crippen molar-refractivity contribution in [2.75, 3.05) is 7.11 Å². The largest absolute Gasteiger partial charge is 0.497 e. The van der Waals surface area contributed by atoms with E-state index in [1.54, 1.807) is 7.11 Å². The van der Waals surface area contributed by atoms with Crippen molar-refractivity contribution in [2.45, 2.75) is 49.9 Å². The van der Waals surface area contributed by atoms with Gasteiger partial charge in [-0.15, -0.1) is 0 Å². The van der Waals surface area contributed by atoms with E-state index >= 15 is 0 Å². The zero-order valence-corrected chi connectivity index (χ0v) is 10.6. The molecule has 2 aliphatic heterocycles. The van der Waals surface area contributed by atoms with Crippen molar-refractivity contribution in [1.29, 1.82) is 0 Å². The van der Waals surface area contributed by atoms with E-state index in [0.29, 0.717) is 0 Å². The molecule has 1 aliphatic carbocycles. The molecule has 96 valence electrons. The van der Waals surface area contributed by atoms with E-state index in [1.165, 1.54) is 19.3 Å². The minimum Gasteiger partial charge on any atom is -0.497 e. The van der Waals surface area contributed by atoms with Gasteiger partial charge in [0.2, 0.25) is 0 Å². The summed E-state index contributed by atoms with van der Waals surface area (Å²) >= 11 is 0. The van der Waals surface area contributed by atoms with Gasteiger partial charge in [0.05, 0.1) is 7.11 Å². The van der Waals surface area contributed by atoms with Gasteiger partial charge in [0.25, 0.3) is 0 Å². The molecule has 0 N–H and O–H groups in total. The van der Waals surface area contributed by atoms with Crippen LogP contribution in [0.1, 0.15) is 43.8 Å². The normalized spacial score (nSPS) is 31.2. The Kier molecular flexibility index (Phi) is 2.16. The van der Waals surface area contributed by atoms with Crippen molar-refractivity contribution in [3.05, 3.63) is 23.8 Å². The second-order valence-electron chi connectivity index (χ2n) is 5.61. The van der Waals surface area contributed by atoms with Crippen LogP contribution in [0, 0.1) is 0 Å². The number of fused-ring (bicyclic) bond motifs is 4. The molecule has 3 aliphatic rings. The molecule has 2 fully saturated rings. The van der Waals surface area contributed by atoms with E-state index in [9.17, 15) is 0 Å². The Bertz CT molecular complexity index is 477. The van der Waals surface area contributed by atoms with Crippen LogP contribution in [-0.4, -0.2) is 18.8 Å². The number of ether oxygens (including phenoxy) is 3. The Hall–Kier alpha value is -1.22. The van der Waals surface area contributed by atoms with E-state index in [0.717, 1.165) is 29.9 Å². The van der Waals surface area contributed by atoms with Crippen molar-refractivity contribution in [1.82, 2.24) is 0 Å². The molecule has 1 saturated carbocycles. The highest BCUT2D eigenvalue weighted by atomic mass is 16.6. The highest BCUT2D eigenvalue weighted by Gasteiger charge is 2.61. The molecule has 1 saturated heterocycles. The number of rotatable bonds is 1. The molecule has 2 unspecified atom stereocenters. The monoisotopic (exact) mass is 246 g/mol. The molecular weight excluding hydrogens is 228 g/mol. The quantitative estimate of drug-likeness (QED) is 0.713. The zero-order valence-electron chi connectivity index (χ0n) is 10.6. The van der Waals surface area contributed by atoms with E-state index < -0.39 is 0 Å². The number of methoxy groups -OCH3 is 1. The summed E-state index contributed by atoms with van der Waals surface area (Å²) in [6, 6.07) is 6.05. The van der Waals surface area contributed by atoms with Crippen LogP contribution in [0.25, 0.3) is 0 Å². The predicted molar refractivity (Wildman–Crippen MR) is 67.1 cm³/mol. The van der Waals surface area contributed by atoms with E-state index in [4.69, 9.17) is 14.2 Å². The van der Waals surface area contributed by atoms with Gasteiger partial charge < -0.3 is 14.2 Å². The van der Waals surface area contributed by atoms with E-state index in [1.807, 2.05) is 12.1 Å². The molecule has 0 aromatic heterocycles. The fraction of sp³-hybridized carbons (Fsp3) is 0.600. The first-order valence-corrected chi connectivity index (χ1v) is 6.85. The molecule has 2 heterocycles. The third-order valence-corrected chi connectivity index (χ3v) is 4.55. The average Bonchev–Trinajstić information content (AvgIpc) is 3.21. The van der Waals surface area contributed by atoms with Gasteiger partial charge in [-0.05, 0) is 43.9 Å². The van der Waals surface area contributed by atoms with Crippen LogP contribution in [0.4, 0.5) is 0 Å². The van der Waals surface area contributed by atoms with Gasteiger partial charge in [-0.1, -0.05) is 6.42 Å². The lowest BCUT2D eigenvalue weighted by Crippen LogP contribution is -2.45. The Morgan fingerprint density at radius 3 is 2.83 bits per heavy atom. The topological polar surface area (TPSA) is 31.0 Å². The standard InChI is InChI=1S/C15H18O3/c1-16-10-5-6-12-11(9-10)13-14(17-13)15(18-12)7-3-2-4-8-15/h5-6,9,13-14H,2-4,7-8H2,1H3. The average molecular weight is 246 g/mol.